The van der Waals surface area contributed by atoms with Crippen LogP contribution in [0.4, 0.5) is 0 Å². The zero-order valence-electron chi connectivity index (χ0n) is 5.68. The summed E-state index contributed by atoms with van der Waals surface area (Å²) in [6.45, 7) is 1.80. The van der Waals surface area contributed by atoms with Gasteiger partial charge in [-0.1, -0.05) is 10.1 Å². The van der Waals surface area contributed by atoms with E-state index >= 15 is 0 Å². The Morgan fingerprint density at radius 2 is 2.00 bits per heavy atom. The second-order valence-electron chi connectivity index (χ2n) is 2.31. The maximum atomic E-state index is 11.5. The number of rotatable bonds is 1. The topological polar surface area (TPSA) is 41.1 Å². The van der Waals surface area contributed by atoms with E-state index in [4.69, 9.17) is 0 Å². The highest BCUT2D eigenvalue weighted by Crippen LogP contribution is 1.99. The van der Waals surface area contributed by atoms with Crippen LogP contribution in [0.3, 0.4) is 0 Å². The largest absolute Gasteiger partial charge is 0.315 e. The molecule has 0 spiro atoms. The lowest BCUT2D eigenvalue weighted by Crippen LogP contribution is -2.46. The smallest absolute Gasteiger partial charge is 0.0254 e. The average molecular weight is 150 g/mol. The molecule has 0 saturated carbocycles. The molecule has 1 aliphatic heterocycles. The molecule has 2 N–H and O–H groups in total. The molecular formula is C5H14N2OS. The van der Waals surface area contributed by atoms with Crippen LogP contribution in [0.2, 0.25) is 0 Å². The van der Waals surface area contributed by atoms with Gasteiger partial charge in [0.1, 0.15) is 0 Å². The van der Waals surface area contributed by atoms with Crippen molar-refractivity contribution in [3.63, 3.8) is 0 Å². The quantitative estimate of drug-likeness (QED) is 0.408. The lowest BCUT2D eigenvalue weighted by Gasteiger charge is -2.27. The van der Waals surface area contributed by atoms with E-state index in [-0.39, 0.29) is 0 Å². The summed E-state index contributed by atoms with van der Waals surface area (Å²) in [5, 5.41) is 3.16. The third-order valence-electron chi connectivity index (χ3n) is 1.71. The second-order valence-corrected chi connectivity index (χ2v) is 5.43. The molecule has 0 aromatic heterocycles. The van der Waals surface area contributed by atoms with E-state index in [9.17, 15) is 4.21 Å². The van der Waals surface area contributed by atoms with Crippen molar-refractivity contribution >= 4 is 10.1 Å². The second kappa shape index (κ2) is 2.77. The van der Waals surface area contributed by atoms with Crippen molar-refractivity contribution in [2.75, 3.05) is 31.6 Å². The molecule has 0 bridgehead atoms. The van der Waals surface area contributed by atoms with Gasteiger partial charge in [-0.05, 0) is 7.05 Å². The Morgan fingerprint density at radius 3 is 2.33 bits per heavy atom. The Hall–Kier alpha value is 0.0700. The SMILES string of the molecule is CN[SH]1(=O)CCNCC1. The first-order valence-electron chi connectivity index (χ1n) is 3.25. The molecule has 0 atom stereocenters. The van der Waals surface area contributed by atoms with Gasteiger partial charge in [0.15, 0.2) is 0 Å². The molecule has 0 aromatic rings. The van der Waals surface area contributed by atoms with Crippen LogP contribution in [-0.2, 0) is 10.1 Å². The van der Waals surface area contributed by atoms with Crippen LogP contribution < -0.4 is 10.0 Å². The van der Waals surface area contributed by atoms with Crippen molar-refractivity contribution in [1.29, 1.82) is 0 Å². The third kappa shape index (κ3) is 1.74. The molecule has 0 aliphatic carbocycles. The molecule has 1 saturated heterocycles. The normalized spacial score (nSPS) is 29.4. The highest BCUT2D eigenvalue weighted by molar-refractivity contribution is 8.01. The van der Waals surface area contributed by atoms with Gasteiger partial charge in [0.05, 0.1) is 0 Å². The minimum Gasteiger partial charge on any atom is -0.315 e. The predicted molar refractivity (Wildman–Crippen MR) is 41.2 cm³/mol. The van der Waals surface area contributed by atoms with Gasteiger partial charge in [-0.3, -0.25) is 8.93 Å². The van der Waals surface area contributed by atoms with Gasteiger partial charge < -0.3 is 5.32 Å². The zero-order valence-corrected chi connectivity index (χ0v) is 6.58. The molecule has 4 heteroatoms. The summed E-state index contributed by atoms with van der Waals surface area (Å²) in [6, 6.07) is 0. The fourth-order valence-corrected chi connectivity index (χ4v) is 2.69. The van der Waals surface area contributed by atoms with E-state index in [1.807, 2.05) is 0 Å². The maximum absolute atomic E-state index is 11.5. The van der Waals surface area contributed by atoms with E-state index in [0.717, 1.165) is 24.6 Å². The van der Waals surface area contributed by atoms with Crippen LogP contribution in [0.25, 0.3) is 0 Å². The minimum absolute atomic E-state index is 0.809. The molecule has 0 unspecified atom stereocenters. The Balaban J connectivity index is 2.47. The van der Waals surface area contributed by atoms with Crippen LogP contribution in [0.15, 0.2) is 0 Å². The summed E-state index contributed by atoms with van der Waals surface area (Å²) in [6.07, 6.45) is 0. The molecule has 1 heterocycles. The summed E-state index contributed by atoms with van der Waals surface area (Å²) in [5.74, 6) is 1.62. The van der Waals surface area contributed by atoms with Crippen LogP contribution in [0.1, 0.15) is 0 Å². The third-order valence-corrected chi connectivity index (χ3v) is 4.41. The van der Waals surface area contributed by atoms with Gasteiger partial charge in [-0.25, -0.2) is 0 Å². The summed E-state index contributed by atoms with van der Waals surface area (Å²) >= 11 is 0. The summed E-state index contributed by atoms with van der Waals surface area (Å²) in [4.78, 5) is 0. The van der Waals surface area contributed by atoms with Crippen molar-refractivity contribution in [1.82, 2.24) is 10.0 Å². The number of nitrogens with one attached hydrogen (secondary N) is 2. The van der Waals surface area contributed by atoms with Gasteiger partial charge in [0.2, 0.25) is 0 Å². The lowest BCUT2D eigenvalue weighted by molar-refractivity contribution is 0.637. The van der Waals surface area contributed by atoms with Crippen molar-refractivity contribution in [2.45, 2.75) is 0 Å². The zero-order chi connectivity index (χ0) is 6.74. The van der Waals surface area contributed by atoms with Crippen molar-refractivity contribution < 1.29 is 4.21 Å². The van der Waals surface area contributed by atoms with E-state index in [1.165, 1.54) is 0 Å². The molecule has 1 rings (SSSR count). The maximum Gasteiger partial charge on any atom is 0.0254 e. The molecule has 0 aromatic carbocycles. The lowest BCUT2D eigenvalue weighted by atomic mass is 10.6. The molecule has 1 fully saturated rings. The first-order chi connectivity index (χ1) is 4.27. The van der Waals surface area contributed by atoms with E-state index in [2.05, 4.69) is 10.0 Å². The van der Waals surface area contributed by atoms with Crippen molar-refractivity contribution in [2.24, 2.45) is 0 Å². The molecule has 56 valence electrons. The molecule has 0 amide bonds. The van der Waals surface area contributed by atoms with E-state index in [1.54, 1.807) is 7.05 Å². The summed E-state index contributed by atoms with van der Waals surface area (Å²) in [5.41, 5.74) is 0. The fraction of sp³-hybridized carbons (Fsp3) is 1.00. The van der Waals surface area contributed by atoms with Gasteiger partial charge in [-0.2, -0.15) is 0 Å². The summed E-state index contributed by atoms with van der Waals surface area (Å²) in [7, 11) is -0.123. The first-order valence-corrected chi connectivity index (χ1v) is 5.32. The Bertz CT molecular complexity index is 127. The summed E-state index contributed by atoms with van der Waals surface area (Å²) < 4.78 is 14.3. The highest BCUT2D eigenvalue weighted by Gasteiger charge is 2.14. The van der Waals surface area contributed by atoms with E-state index < -0.39 is 10.1 Å². The molecule has 1 aliphatic rings. The van der Waals surface area contributed by atoms with Crippen molar-refractivity contribution in [3.05, 3.63) is 0 Å². The molecule has 9 heavy (non-hydrogen) atoms. The number of hydrogen-bond donors (Lipinski definition) is 3. The van der Waals surface area contributed by atoms with Gasteiger partial charge in [-0.15, -0.1) is 0 Å². The Kier molecular flexibility index (Phi) is 2.21. The van der Waals surface area contributed by atoms with Crippen LogP contribution in [-0.4, -0.2) is 35.9 Å². The van der Waals surface area contributed by atoms with E-state index in [0.29, 0.717) is 0 Å². The standard InChI is InChI=1S/C5H14N2OS/c1-6-9(8)4-2-7-3-5-9/h7,9H,2-5H2,1H3,(H,6,8). The fourth-order valence-electron chi connectivity index (χ4n) is 0.980. The molecular weight excluding hydrogens is 136 g/mol. The van der Waals surface area contributed by atoms with Gasteiger partial charge in [0, 0.05) is 24.6 Å². The Morgan fingerprint density at radius 1 is 1.44 bits per heavy atom. The van der Waals surface area contributed by atoms with Crippen LogP contribution >= 0.6 is 0 Å². The van der Waals surface area contributed by atoms with Gasteiger partial charge in [0.25, 0.3) is 0 Å². The highest BCUT2D eigenvalue weighted by atomic mass is 32.3. The van der Waals surface area contributed by atoms with Gasteiger partial charge >= 0.3 is 0 Å². The number of thiol groups is 1. The monoisotopic (exact) mass is 150 g/mol. The first kappa shape index (κ1) is 7.18. The number of hydrogen-bond acceptors (Lipinski definition) is 2. The molecule has 3 nitrogen and oxygen atoms in total. The Labute approximate surface area is 56.8 Å². The minimum atomic E-state index is -1.91. The predicted octanol–water partition coefficient (Wildman–Crippen LogP) is -1.26. The molecule has 0 radical (unpaired) electrons. The van der Waals surface area contributed by atoms with Crippen molar-refractivity contribution in [3.8, 4) is 0 Å². The average Bonchev–Trinajstić information content (AvgIpc) is 1.90. The van der Waals surface area contributed by atoms with Crippen LogP contribution in [0.5, 0.6) is 0 Å². The van der Waals surface area contributed by atoms with Crippen LogP contribution in [0, 0.1) is 0 Å².